The second-order valence-corrected chi connectivity index (χ2v) is 7.67. The van der Waals surface area contributed by atoms with Crippen molar-refractivity contribution in [3.05, 3.63) is 66.0 Å². The number of nitrogens with zero attached hydrogens (tertiary/aromatic N) is 1. The third kappa shape index (κ3) is 6.68. The molecule has 2 rings (SSSR count). The Morgan fingerprint density at radius 1 is 1.07 bits per heavy atom. The molecule has 150 valence electrons. The molecule has 0 radical (unpaired) electrons. The SMILES string of the molecule is C[C@@H](C(=O)NC(C)(C)C)N(Cc1ccc(F)cc1)C(=O)COc1ccccc1. The topological polar surface area (TPSA) is 58.6 Å². The van der Waals surface area contributed by atoms with Crippen LogP contribution in [0.15, 0.2) is 54.6 Å². The summed E-state index contributed by atoms with van der Waals surface area (Å²) in [4.78, 5) is 26.9. The largest absolute Gasteiger partial charge is 0.484 e. The highest BCUT2D eigenvalue weighted by Crippen LogP contribution is 2.14. The number of carbonyl (C=O) groups is 2. The maximum absolute atomic E-state index is 13.2. The number of para-hydroxylation sites is 1. The number of benzene rings is 2. The van der Waals surface area contributed by atoms with Gasteiger partial charge in [0.25, 0.3) is 5.91 Å². The van der Waals surface area contributed by atoms with Crippen LogP contribution in [0, 0.1) is 5.82 Å². The van der Waals surface area contributed by atoms with E-state index in [1.54, 1.807) is 31.2 Å². The molecule has 6 heteroatoms. The van der Waals surface area contributed by atoms with Crippen molar-refractivity contribution in [2.75, 3.05) is 6.61 Å². The quantitative estimate of drug-likeness (QED) is 0.792. The third-order valence-electron chi connectivity index (χ3n) is 4.04. The van der Waals surface area contributed by atoms with Crippen LogP contribution in [0.2, 0.25) is 0 Å². The number of hydrogen-bond acceptors (Lipinski definition) is 3. The molecule has 2 aromatic rings. The predicted octanol–water partition coefficient (Wildman–Crippen LogP) is 3.54. The molecule has 2 amide bonds. The molecule has 0 saturated heterocycles. The van der Waals surface area contributed by atoms with Crippen LogP contribution in [-0.4, -0.2) is 34.9 Å². The Kier molecular flexibility index (Phi) is 7.15. The van der Waals surface area contributed by atoms with E-state index in [1.165, 1.54) is 17.0 Å². The second-order valence-electron chi connectivity index (χ2n) is 7.67. The highest BCUT2D eigenvalue weighted by atomic mass is 19.1. The van der Waals surface area contributed by atoms with Crippen molar-refractivity contribution in [2.24, 2.45) is 0 Å². The number of nitrogens with one attached hydrogen (secondary N) is 1. The van der Waals surface area contributed by atoms with Gasteiger partial charge in [0.2, 0.25) is 5.91 Å². The summed E-state index contributed by atoms with van der Waals surface area (Å²) in [5.41, 5.74) is 0.307. The summed E-state index contributed by atoms with van der Waals surface area (Å²) in [5, 5.41) is 2.89. The molecule has 0 spiro atoms. The Bertz CT molecular complexity index is 786. The van der Waals surface area contributed by atoms with Gasteiger partial charge in [-0.2, -0.15) is 0 Å². The Hall–Kier alpha value is -2.89. The summed E-state index contributed by atoms with van der Waals surface area (Å²) >= 11 is 0. The first-order valence-corrected chi connectivity index (χ1v) is 9.19. The van der Waals surface area contributed by atoms with Crippen LogP contribution in [0.1, 0.15) is 33.3 Å². The van der Waals surface area contributed by atoms with Crippen molar-refractivity contribution in [3.8, 4) is 5.75 Å². The Labute approximate surface area is 165 Å². The molecule has 0 aliphatic carbocycles. The van der Waals surface area contributed by atoms with Gasteiger partial charge < -0.3 is 15.0 Å². The van der Waals surface area contributed by atoms with Gasteiger partial charge in [0.15, 0.2) is 6.61 Å². The number of carbonyl (C=O) groups excluding carboxylic acids is 2. The minimum Gasteiger partial charge on any atom is -0.484 e. The van der Waals surface area contributed by atoms with Crippen molar-refractivity contribution < 1.29 is 18.7 Å². The number of halogens is 1. The van der Waals surface area contributed by atoms with E-state index in [2.05, 4.69) is 5.32 Å². The molecule has 1 atom stereocenters. The molecule has 0 bridgehead atoms. The predicted molar refractivity (Wildman–Crippen MR) is 106 cm³/mol. The Morgan fingerprint density at radius 3 is 2.25 bits per heavy atom. The first kappa shape index (κ1) is 21.4. The van der Waals surface area contributed by atoms with Crippen LogP contribution in [0.25, 0.3) is 0 Å². The van der Waals surface area contributed by atoms with Crippen LogP contribution >= 0.6 is 0 Å². The monoisotopic (exact) mass is 386 g/mol. The second kappa shape index (κ2) is 9.35. The first-order valence-electron chi connectivity index (χ1n) is 9.19. The molecule has 1 N–H and O–H groups in total. The van der Waals surface area contributed by atoms with Crippen LogP contribution in [0.3, 0.4) is 0 Å². The maximum atomic E-state index is 13.2. The summed E-state index contributed by atoms with van der Waals surface area (Å²) in [7, 11) is 0. The van der Waals surface area contributed by atoms with Gasteiger partial charge in [0.05, 0.1) is 0 Å². The average Bonchev–Trinajstić information content (AvgIpc) is 2.64. The normalized spacial score (nSPS) is 12.2. The molecular weight excluding hydrogens is 359 g/mol. The van der Waals surface area contributed by atoms with Gasteiger partial charge in [-0.15, -0.1) is 0 Å². The minimum absolute atomic E-state index is 0.177. The zero-order valence-corrected chi connectivity index (χ0v) is 16.7. The fourth-order valence-corrected chi connectivity index (χ4v) is 2.59. The summed E-state index contributed by atoms with van der Waals surface area (Å²) < 4.78 is 18.8. The number of ether oxygens (including phenoxy) is 1. The Balaban J connectivity index is 2.15. The summed E-state index contributed by atoms with van der Waals surface area (Å²) in [6.45, 7) is 7.28. The molecule has 0 aliphatic rings. The fraction of sp³-hybridized carbons (Fsp3) is 0.364. The van der Waals surface area contributed by atoms with Crippen molar-refractivity contribution in [1.82, 2.24) is 10.2 Å². The van der Waals surface area contributed by atoms with Gasteiger partial charge >= 0.3 is 0 Å². The van der Waals surface area contributed by atoms with E-state index in [1.807, 2.05) is 39.0 Å². The van der Waals surface area contributed by atoms with Crippen molar-refractivity contribution in [1.29, 1.82) is 0 Å². The van der Waals surface area contributed by atoms with Crippen molar-refractivity contribution in [3.63, 3.8) is 0 Å². The number of hydrogen-bond donors (Lipinski definition) is 1. The van der Waals surface area contributed by atoms with Gasteiger partial charge in [-0.3, -0.25) is 9.59 Å². The van der Waals surface area contributed by atoms with Crippen molar-refractivity contribution >= 4 is 11.8 Å². The molecule has 0 aromatic heterocycles. The van der Waals surface area contributed by atoms with Gasteiger partial charge in [-0.05, 0) is 57.5 Å². The van der Waals surface area contributed by atoms with E-state index in [0.29, 0.717) is 5.75 Å². The molecule has 0 unspecified atom stereocenters. The lowest BCUT2D eigenvalue weighted by Gasteiger charge is -2.31. The zero-order valence-electron chi connectivity index (χ0n) is 16.7. The molecule has 0 heterocycles. The summed E-state index contributed by atoms with van der Waals surface area (Å²) in [6.07, 6.45) is 0. The molecule has 0 saturated carbocycles. The van der Waals surface area contributed by atoms with Gasteiger partial charge in [-0.1, -0.05) is 30.3 Å². The third-order valence-corrected chi connectivity index (χ3v) is 4.04. The molecule has 0 aliphatic heterocycles. The lowest BCUT2D eigenvalue weighted by molar-refractivity contribution is -0.142. The standard InChI is InChI=1S/C22H27FN2O3/c1-16(21(27)24-22(2,3)4)25(14-17-10-12-18(23)13-11-17)20(26)15-28-19-8-6-5-7-9-19/h5-13,16H,14-15H2,1-4H3,(H,24,27)/t16-/m0/s1. The van der Waals surface area contributed by atoms with E-state index < -0.39 is 11.6 Å². The molecule has 28 heavy (non-hydrogen) atoms. The lowest BCUT2D eigenvalue weighted by atomic mass is 10.1. The minimum atomic E-state index is -0.712. The van der Waals surface area contributed by atoms with Gasteiger partial charge in [0.1, 0.15) is 17.6 Å². The van der Waals surface area contributed by atoms with E-state index in [-0.39, 0.29) is 30.8 Å². The number of rotatable bonds is 7. The average molecular weight is 386 g/mol. The van der Waals surface area contributed by atoms with E-state index in [0.717, 1.165) is 5.56 Å². The Morgan fingerprint density at radius 2 is 1.68 bits per heavy atom. The zero-order chi connectivity index (χ0) is 20.7. The van der Waals surface area contributed by atoms with Crippen molar-refractivity contribution in [2.45, 2.75) is 45.8 Å². The summed E-state index contributed by atoms with van der Waals surface area (Å²) in [6, 6.07) is 14.2. The summed E-state index contributed by atoms with van der Waals surface area (Å²) in [5.74, 6) is -0.371. The molecule has 2 aromatic carbocycles. The fourth-order valence-electron chi connectivity index (χ4n) is 2.59. The van der Waals surface area contributed by atoms with E-state index in [9.17, 15) is 14.0 Å². The van der Waals surface area contributed by atoms with E-state index >= 15 is 0 Å². The smallest absolute Gasteiger partial charge is 0.261 e. The van der Waals surface area contributed by atoms with Gasteiger partial charge in [-0.25, -0.2) is 4.39 Å². The van der Waals surface area contributed by atoms with Crippen LogP contribution < -0.4 is 10.1 Å². The van der Waals surface area contributed by atoms with Crippen LogP contribution in [0.4, 0.5) is 4.39 Å². The first-order chi connectivity index (χ1) is 13.2. The van der Waals surface area contributed by atoms with E-state index in [4.69, 9.17) is 4.74 Å². The molecule has 5 nitrogen and oxygen atoms in total. The van der Waals surface area contributed by atoms with Crippen LogP contribution in [0.5, 0.6) is 5.75 Å². The number of amides is 2. The van der Waals surface area contributed by atoms with Gasteiger partial charge in [0, 0.05) is 12.1 Å². The lowest BCUT2D eigenvalue weighted by Crippen LogP contribution is -2.53. The molecule has 0 fully saturated rings. The highest BCUT2D eigenvalue weighted by Gasteiger charge is 2.28. The maximum Gasteiger partial charge on any atom is 0.261 e. The van der Waals surface area contributed by atoms with Crippen LogP contribution in [-0.2, 0) is 16.1 Å². The highest BCUT2D eigenvalue weighted by molar-refractivity contribution is 5.88. The molecular formula is C22H27FN2O3.